The standard InChI is InChI=1S/C33H34ClN7O6/c1-3-47-33(45)26-7-5-4-6-25(37-30(42)13-9-21-16-23(34)10-12-29(21)41-19-35-39-40-41)28-17-22(18-31(43)38-28)24-11-8-20(14-27(24)36-26)15-32(44)46-2/h8-14,16-19,25-26,36H,3-7,15H2,1-2H3,(H,37,42)(H,38,43)/b13-9+. The molecule has 0 radical (unpaired) electrons. The molecule has 3 heterocycles. The third-order valence-corrected chi connectivity index (χ3v) is 7.90. The number of amides is 1. The summed E-state index contributed by atoms with van der Waals surface area (Å²) in [5, 5.41) is 18.1. The number of benzene rings is 2. The van der Waals surface area contributed by atoms with Gasteiger partial charge in [-0.2, -0.15) is 4.68 Å². The monoisotopic (exact) mass is 659 g/mol. The van der Waals surface area contributed by atoms with Crippen molar-refractivity contribution in [1.82, 2.24) is 30.5 Å². The first-order valence-electron chi connectivity index (χ1n) is 15.1. The molecule has 2 atom stereocenters. The van der Waals surface area contributed by atoms with Crippen LogP contribution in [0.2, 0.25) is 5.02 Å². The van der Waals surface area contributed by atoms with Crippen LogP contribution in [-0.4, -0.2) is 62.8 Å². The zero-order chi connectivity index (χ0) is 33.3. The van der Waals surface area contributed by atoms with Crippen molar-refractivity contribution in [1.29, 1.82) is 0 Å². The Labute approximate surface area is 275 Å². The second kappa shape index (κ2) is 15.3. The van der Waals surface area contributed by atoms with Gasteiger partial charge in [0, 0.05) is 39.7 Å². The van der Waals surface area contributed by atoms with E-state index in [-0.39, 0.29) is 18.6 Å². The molecule has 4 aromatic rings. The number of tetrazole rings is 1. The van der Waals surface area contributed by atoms with E-state index in [0.717, 1.165) is 0 Å². The first-order valence-corrected chi connectivity index (χ1v) is 15.5. The van der Waals surface area contributed by atoms with Crippen molar-refractivity contribution < 1.29 is 23.9 Å². The number of nitrogens with one attached hydrogen (secondary N) is 3. The van der Waals surface area contributed by atoms with Crippen LogP contribution in [0.15, 0.2) is 65.7 Å². The minimum atomic E-state index is -0.675. The number of rotatable bonds is 8. The number of hydrogen-bond donors (Lipinski definition) is 3. The van der Waals surface area contributed by atoms with Crippen LogP contribution in [-0.2, 0) is 30.3 Å². The molecule has 0 aliphatic carbocycles. The number of aromatic amines is 1. The van der Waals surface area contributed by atoms with Gasteiger partial charge in [-0.3, -0.25) is 14.4 Å². The third kappa shape index (κ3) is 8.50. The number of aromatic nitrogens is 5. The van der Waals surface area contributed by atoms with Crippen molar-refractivity contribution in [3.8, 4) is 16.8 Å². The van der Waals surface area contributed by atoms with E-state index in [0.29, 0.717) is 70.0 Å². The lowest BCUT2D eigenvalue weighted by molar-refractivity contribution is -0.144. The SMILES string of the molecule is CCOC(=O)C1CCCCC(NC(=O)/C=C/c2cc(Cl)ccc2-n2cnnn2)c2cc(cc(=O)[nH]2)-c2ccc(CC(=O)OC)cc2N1. The summed E-state index contributed by atoms with van der Waals surface area (Å²) < 4.78 is 11.7. The van der Waals surface area contributed by atoms with Gasteiger partial charge in [0.2, 0.25) is 11.5 Å². The number of fused-ring (bicyclic) bond motifs is 4. The zero-order valence-electron chi connectivity index (χ0n) is 25.9. The average Bonchev–Trinajstić information content (AvgIpc) is 3.59. The number of anilines is 1. The van der Waals surface area contributed by atoms with E-state index >= 15 is 0 Å². The van der Waals surface area contributed by atoms with Gasteiger partial charge in [0.1, 0.15) is 12.4 Å². The summed E-state index contributed by atoms with van der Waals surface area (Å²) in [5.41, 5.74) is 3.85. The lowest BCUT2D eigenvalue weighted by Gasteiger charge is -2.24. The van der Waals surface area contributed by atoms with Crippen molar-refractivity contribution >= 4 is 41.2 Å². The topological polar surface area (TPSA) is 170 Å². The molecular weight excluding hydrogens is 626 g/mol. The molecular formula is C33H34ClN7O6. The predicted octanol–water partition coefficient (Wildman–Crippen LogP) is 4.17. The van der Waals surface area contributed by atoms with Gasteiger partial charge in [-0.15, -0.1) is 5.10 Å². The number of pyridine rings is 1. The maximum Gasteiger partial charge on any atom is 0.328 e. The van der Waals surface area contributed by atoms with E-state index in [9.17, 15) is 19.2 Å². The number of halogens is 1. The number of carbonyl (C=O) groups is 3. The Morgan fingerprint density at radius 1 is 1.11 bits per heavy atom. The molecule has 2 aromatic heterocycles. The van der Waals surface area contributed by atoms with Crippen LogP contribution in [0.3, 0.4) is 0 Å². The number of esters is 2. The van der Waals surface area contributed by atoms with E-state index in [4.69, 9.17) is 21.1 Å². The van der Waals surface area contributed by atoms with Crippen LogP contribution < -0.4 is 16.2 Å². The van der Waals surface area contributed by atoms with Crippen LogP contribution >= 0.6 is 11.6 Å². The van der Waals surface area contributed by atoms with E-state index in [1.54, 1.807) is 49.4 Å². The molecule has 14 heteroatoms. The highest BCUT2D eigenvalue weighted by atomic mass is 35.5. The van der Waals surface area contributed by atoms with Crippen molar-refractivity contribution in [2.24, 2.45) is 0 Å². The van der Waals surface area contributed by atoms with Gasteiger partial charge in [-0.25, -0.2) is 4.79 Å². The molecule has 0 spiro atoms. The van der Waals surface area contributed by atoms with Crippen LogP contribution in [0, 0.1) is 0 Å². The predicted molar refractivity (Wildman–Crippen MR) is 175 cm³/mol. The highest BCUT2D eigenvalue weighted by Crippen LogP contribution is 2.33. The van der Waals surface area contributed by atoms with E-state index in [1.165, 1.54) is 30.3 Å². The molecule has 1 aliphatic rings. The molecule has 3 N–H and O–H groups in total. The fraction of sp³-hybridized carbons (Fsp3) is 0.303. The highest BCUT2D eigenvalue weighted by Gasteiger charge is 2.24. The second-order valence-electron chi connectivity index (χ2n) is 10.9. The summed E-state index contributed by atoms with van der Waals surface area (Å²) in [4.78, 5) is 54.2. The Kier molecular flexibility index (Phi) is 10.8. The Bertz CT molecular complexity index is 1840. The lowest BCUT2D eigenvalue weighted by atomic mass is 9.95. The lowest BCUT2D eigenvalue weighted by Crippen LogP contribution is -2.32. The summed E-state index contributed by atoms with van der Waals surface area (Å²) >= 11 is 6.23. The van der Waals surface area contributed by atoms with Crippen LogP contribution in [0.1, 0.15) is 55.5 Å². The molecule has 13 nitrogen and oxygen atoms in total. The summed E-state index contributed by atoms with van der Waals surface area (Å²) in [6, 6.07) is 12.5. The minimum absolute atomic E-state index is 0.0319. The zero-order valence-corrected chi connectivity index (χ0v) is 26.6. The van der Waals surface area contributed by atoms with Gasteiger partial charge >= 0.3 is 11.9 Å². The maximum atomic E-state index is 13.3. The molecule has 1 amide bonds. The molecule has 0 saturated heterocycles. The third-order valence-electron chi connectivity index (χ3n) is 7.66. The summed E-state index contributed by atoms with van der Waals surface area (Å²) in [6.45, 7) is 1.96. The van der Waals surface area contributed by atoms with Crippen molar-refractivity contribution in [2.75, 3.05) is 19.0 Å². The normalized spacial score (nSPS) is 16.2. The number of nitrogens with zero attached hydrogens (tertiary/aromatic N) is 4. The number of H-pyrrole nitrogens is 1. The van der Waals surface area contributed by atoms with Gasteiger partial charge in [-0.05, 0) is 77.7 Å². The van der Waals surface area contributed by atoms with Gasteiger partial charge in [0.15, 0.2) is 0 Å². The number of carbonyl (C=O) groups excluding carboxylic acids is 3. The maximum absolute atomic E-state index is 13.3. The van der Waals surface area contributed by atoms with Crippen LogP contribution in [0.5, 0.6) is 0 Å². The van der Waals surface area contributed by atoms with Gasteiger partial charge in [0.25, 0.3) is 0 Å². The minimum Gasteiger partial charge on any atom is -0.469 e. The number of methoxy groups -OCH3 is 1. The first-order chi connectivity index (χ1) is 22.7. The van der Waals surface area contributed by atoms with Crippen LogP contribution in [0.25, 0.3) is 22.9 Å². The Morgan fingerprint density at radius 3 is 2.70 bits per heavy atom. The van der Waals surface area contributed by atoms with E-state index in [2.05, 4.69) is 31.1 Å². The van der Waals surface area contributed by atoms with Gasteiger partial charge in [-0.1, -0.05) is 36.6 Å². The molecule has 2 unspecified atom stereocenters. The van der Waals surface area contributed by atoms with Crippen molar-refractivity contribution in [2.45, 2.75) is 51.1 Å². The smallest absolute Gasteiger partial charge is 0.328 e. The van der Waals surface area contributed by atoms with Gasteiger partial charge < -0.3 is 25.1 Å². The summed E-state index contributed by atoms with van der Waals surface area (Å²) in [7, 11) is 1.32. The highest BCUT2D eigenvalue weighted by molar-refractivity contribution is 6.30. The molecule has 2 bridgehead atoms. The molecule has 0 saturated carbocycles. The number of hydrogen-bond acceptors (Lipinski definition) is 10. The van der Waals surface area contributed by atoms with Crippen LogP contribution in [0.4, 0.5) is 5.69 Å². The first kappa shape index (κ1) is 33.1. The van der Waals surface area contributed by atoms with E-state index < -0.39 is 29.9 Å². The quantitative estimate of drug-likeness (QED) is 0.184. The Balaban J connectivity index is 1.48. The molecule has 0 fully saturated rings. The number of ether oxygens (including phenoxy) is 2. The van der Waals surface area contributed by atoms with Crippen molar-refractivity contribution in [3.63, 3.8) is 0 Å². The molecule has 1 aliphatic heterocycles. The fourth-order valence-electron chi connectivity index (χ4n) is 5.43. The fourth-order valence-corrected chi connectivity index (χ4v) is 5.61. The largest absolute Gasteiger partial charge is 0.469 e. The molecule has 47 heavy (non-hydrogen) atoms. The summed E-state index contributed by atoms with van der Waals surface area (Å²) in [6.07, 6.45) is 6.68. The second-order valence-corrected chi connectivity index (χ2v) is 11.3. The molecule has 5 rings (SSSR count). The van der Waals surface area contributed by atoms with Crippen molar-refractivity contribution in [3.05, 3.63) is 93.1 Å². The van der Waals surface area contributed by atoms with Gasteiger partial charge in [0.05, 0.1) is 31.9 Å². The van der Waals surface area contributed by atoms with E-state index in [1.807, 2.05) is 6.07 Å². The molecule has 2 aromatic carbocycles. The average molecular weight is 660 g/mol. The summed E-state index contributed by atoms with van der Waals surface area (Å²) in [5.74, 6) is -1.21. The Hall–Kier alpha value is -5.30. The Morgan fingerprint density at radius 2 is 1.94 bits per heavy atom. The molecule has 244 valence electrons.